The van der Waals surface area contributed by atoms with Crippen molar-refractivity contribution in [2.45, 2.75) is 25.7 Å². The van der Waals surface area contributed by atoms with Gasteiger partial charge in [-0.3, -0.25) is 0 Å². The lowest BCUT2D eigenvalue weighted by Crippen LogP contribution is -2.00. The minimum Gasteiger partial charge on any atom is -0.492 e. The zero-order chi connectivity index (χ0) is 14.3. The summed E-state index contributed by atoms with van der Waals surface area (Å²) in [7, 11) is 1.76. The molecule has 0 bridgehead atoms. The van der Waals surface area contributed by atoms with Crippen LogP contribution in [0.5, 0.6) is 5.75 Å². The molecule has 0 amide bonds. The highest BCUT2D eigenvalue weighted by Gasteiger charge is 2.04. The van der Waals surface area contributed by atoms with Gasteiger partial charge in [-0.1, -0.05) is 40.4 Å². The maximum atomic E-state index is 10.7. The highest BCUT2D eigenvalue weighted by atomic mass is 79.9. The summed E-state index contributed by atoms with van der Waals surface area (Å²) in [5.41, 5.74) is 0. The van der Waals surface area contributed by atoms with Gasteiger partial charge in [0.15, 0.2) is 0 Å². The predicted molar refractivity (Wildman–Crippen MR) is 82.8 cm³/mol. The van der Waals surface area contributed by atoms with Gasteiger partial charge in [0.2, 0.25) is 9.05 Å². The SMILES string of the molecule is O=S(=O)(Cl)CCCCCCOc1cc(Br)ccc1Cl. The summed E-state index contributed by atoms with van der Waals surface area (Å²) in [5, 5.41) is 0.580. The molecule has 0 aliphatic rings. The zero-order valence-electron chi connectivity index (χ0n) is 10.2. The zero-order valence-corrected chi connectivity index (χ0v) is 14.2. The van der Waals surface area contributed by atoms with E-state index in [0.29, 0.717) is 23.8 Å². The number of hydrogen-bond acceptors (Lipinski definition) is 3. The number of rotatable bonds is 8. The number of unbranched alkanes of at least 4 members (excludes halogenated alkanes) is 3. The van der Waals surface area contributed by atoms with Crippen LogP contribution in [0.2, 0.25) is 5.02 Å². The number of hydrogen-bond donors (Lipinski definition) is 0. The van der Waals surface area contributed by atoms with Crippen molar-refractivity contribution in [1.29, 1.82) is 0 Å². The smallest absolute Gasteiger partial charge is 0.232 e. The minimum atomic E-state index is -3.35. The number of halogens is 3. The molecule has 0 aliphatic carbocycles. The molecule has 108 valence electrons. The van der Waals surface area contributed by atoms with E-state index in [9.17, 15) is 8.42 Å². The van der Waals surface area contributed by atoms with Crippen LogP contribution in [0.1, 0.15) is 25.7 Å². The molecular weight excluding hydrogens is 375 g/mol. The molecule has 0 saturated heterocycles. The normalized spacial score (nSPS) is 11.5. The highest BCUT2D eigenvalue weighted by Crippen LogP contribution is 2.28. The van der Waals surface area contributed by atoms with Crippen molar-refractivity contribution in [3.05, 3.63) is 27.7 Å². The quantitative estimate of drug-likeness (QED) is 0.481. The first kappa shape index (κ1) is 17.1. The van der Waals surface area contributed by atoms with Crippen LogP contribution >= 0.6 is 38.2 Å². The van der Waals surface area contributed by atoms with Gasteiger partial charge in [-0.25, -0.2) is 8.42 Å². The Morgan fingerprint density at radius 3 is 2.53 bits per heavy atom. The fourth-order valence-electron chi connectivity index (χ4n) is 1.50. The average Bonchev–Trinajstić information content (AvgIpc) is 2.31. The maximum Gasteiger partial charge on any atom is 0.232 e. The molecule has 0 unspecified atom stereocenters. The van der Waals surface area contributed by atoms with Gasteiger partial charge in [0, 0.05) is 15.2 Å². The Morgan fingerprint density at radius 1 is 1.16 bits per heavy atom. The number of benzene rings is 1. The molecule has 7 heteroatoms. The van der Waals surface area contributed by atoms with Gasteiger partial charge in [0.1, 0.15) is 5.75 Å². The Kier molecular flexibility index (Phi) is 7.50. The third-order valence-corrected chi connectivity index (χ3v) is 4.48. The first-order valence-corrected chi connectivity index (χ1v) is 9.53. The maximum absolute atomic E-state index is 10.7. The molecule has 1 aromatic carbocycles. The fourth-order valence-corrected chi connectivity index (χ4v) is 2.89. The topological polar surface area (TPSA) is 43.4 Å². The summed E-state index contributed by atoms with van der Waals surface area (Å²) in [6, 6.07) is 5.44. The van der Waals surface area contributed by atoms with E-state index in [1.54, 1.807) is 6.07 Å². The predicted octanol–water partition coefficient (Wildman–Crippen LogP) is 4.61. The third kappa shape index (κ3) is 8.02. The summed E-state index contributed by atoms with van der Waals surface area (Å²) in [6.45, 7) is 0.559. The van der Waals surface area contributed by atoms with Crippen molar-refractivity contribution in [2.75, 3.05) is 12.4 Å². The molecule has 0 spiro atoms. The Morgan fingerprint density at radius 2 is 1.84 bits per heavy atom. The van der Waals surface area contributed by atoms with E-state index >= 15 is 0 Å². The van der Waals surface area contributed by atoms with Gasteiger partial charge in [-0.05, 0) is 31.0 Å². The molecule has 0 N–H and O–H groups in total. The van der Waals surface area contributed by atoms with Gasteiger partial charge < -0.3 is 4.74 Å². The second-order valence-corrected chi connectivity index (χ2v) is 8.30. The summed E-state index contributed by atoms with van der Waals surface area (Å²) < 4.78 is 27.9. The lowest BCUT2D eigenvalue weighted by molar-refractivity contribution is 0.305. The average molecular weight is 390 g/mol. The molecule has 0 fully saturated rings. The highest BCUT2D eigenvalue weighted by molar-refractivity contribution is 9.10. The second-order valence-electron chi connectivity index (χ2n) is 4.08. The van der Waals surface area contributed by atoms with Gasteiger partial charge in [-0.2, -0.15) is 0 Å². The molecule has 3 nitrogen and oxygen atoms in total. The van der Waals surface area contributed by atoms with Crippen LogP contribution in [0.4, 0.5) is 0 Å². The van der Waals surface area contributed by atoms with Crippen molar-refractivity contribution in [1.82, 2.24) is 0 Å². The third-order valence-electron chi connectivity index (χ3n) is 2.43. The van der Waals surface area contributed by atoms with Crippen molar-refractivity contribution in [2.24, 2.45) is 0 Å². The standard InChI is InChI=1S/C12H15BrCl2O3S/c13-10-5-6-11(14)12(9-10)18-7-3-1-2-4-8-19(15,16)17/h5-6,9H,1-4,7-8H2. The minimum absolute atomic E-state index is 0.0346. The van der Waals surface area contributed by atoms with Gasteiger partial charge in [0.05, 0.1) is 17.4 Å². The van der Waals surface area contributed by atoms with Crippen LogP contribution in [0.3, 0.4) is 0 Å². The van der Waals surface area contributed by atoms with Gasteiger partial charge >= 0.3 is 0 Å². The van der Waals surface area contributed by atoms with E-state index in [-0.39, 0.29) is 5.75 Å². The molecule has 1 rings (SSSR count). The fraction of sp³-hybridized carbons (Fsp3) is 0.500. The number of ether oxygens (including phenoxy) is 1. The Labute approximate surface area is 131 Å². The van der Waals surface area contributed by atoms with Gasteiger partial charge in [0.25, 0.3) is 0 Å². The Balaban J connectivity index is 2.16. The van der Waals surface area contributed by atoms with Crippen LogP contribution in [-0.2, 0) is 9.05 Å². The van der Waals surface area contributed by atoms with E-state index in [2.05, 4.69) is 15.9 Å². The van der Waals surface area contributed by atoms with E-state index in [1.165, 1.54) is 0 Å². The van der Waals surface area contributed by atoms with Crippen LogP contribution in [0.25, 0.3) is 0 Å². The van der Waals surface area contributed by atoms with Crippen molar-refractivity contribution in [3.8, 4) is 5.75 Å². The molecule has 0 saturated carbocycles. The van der Waals surface area contributed by atoms with Gasteiger partial charge in [-0.15, -0.1) is 0 Å². The van der Waals surface area contributed by atoms with Crippen LogP contribution in [0, 0.1) is 0 Å². The molecule has 0 atom stereocenters. The monoisotopic (exact) mass is 388 g/mol. The second kappa shape index (κ2) is 8.35. The Hall–Kier alpha value is 0.0300. The van der Waals surface area contributed by atoms with E-state index in [4.69, 9.17) is 27.0 Å². The van der Waals surface area contributed by atoms with Crippen molar-refractivity contribution >= 4 is 47.3 Å². The summed E-state index contributed by atoms with van der Waals surface area (Å²) >= 11 is 9.33. The van der Waals surface area contributed by atoms with Crippen LogP contribution in [-0.4, -0.2) is 20.8 Å². The van der Waals surface area contributed by atoms with Crippen molar-refractivity contribution in [3.63, 3.8) is 0 Å². The Bertz CT molecular complexity index is 506. The summed E-state index contributed by atoms with van der Waals surface area (Å²) in [5.74, 6) is 0.687. The molecule has 1 aromatic rings. The summed E-state index contributed by atoms with van der Waals surface area (Å²) in [4.78, 5) is 0. The first-order valence-electron chi connectivity index (χ1n) is 5.89. The lowest BCUT2D eigenvalue weighted by atomic mass is 10.2. The summed E-state index contributed by atoms with van der Waals surface area (Å²) in [6.07, 6.45) is 3.16. The van der Waals surface area contributed by atoms with Crippen molar-refractivity contribution < 1.29 is 13.2 Å². The molecule has 0 heterocycles. The van der Waals surface area contributed by atoms with E-state index in [1.807, 2.05) is 12.1 Å². The molecule has 0 radical (unpaired) electrons. The molecule has 0 aromatic heterocycles. The molecule has 0 aliphatic heterocycles. The van der Waals surface area contributed by atoms with E-state index in [0.717, 1.165) is 23.7 Å². The van der Waals surface area contributed by atoms with E-state index < -0.39 is 9.05 Å². The molecular formula is C12H15BrCl2O3S. The van der Waals surface area contributed by atoms with Crippen LogP contribution < -0.4 is 4.74 Å². The molecule has 19 heavy (non-hydrogen) atoms. The first-order chi connectivity index (χ1) is 8.88. The largest absolute Gasteiger partial charge is 0.492 e. The lowest BCUT2D eigenvalue weighted by Gasteiger charge is -2.08. The van der Waals surface area contributed by atoms with Crippen LogP contribution in [0.15, 0.2) is 22.7 Å².